The molecule has 0 radical (unpaired) electrons. The summed E-state index contributed by atoms with van der Waals surface area (Å²) in [6.45, 7) is 13.5. The van der Waals surface area contributed by atoms with Gasteiger partial charge in [-0.25, -0.2) is 4.85 Å². The van der Waals surface area contributed by atoms with Crippen molar-refractivity contribution >= 4 is 5.69 Å². The lowest BCUT2D eigenvalue weighted by Gasteiger charge is -2.11. The van der Waals surface area contributed by atoms with E-state index in [0.29, 0.717) is 29.1 Å². The number of benzene rings is 2. The molecule has 2 aromatic carbocycles. The Hall–Kier alpha value is -3.13. The van der Waals surface area contributed by atoms with Crippen molar-refractivity contribution in [3.05, 3.63) is 58.9 Å². The molecule has 1 aliphatic rings. The number of fused-ring (bicyclic) bond motifs is 1. The Labute approximate surface area is 158 Å². The van der Waals surface area contributed by atoms with E-state index in [9.17, 15) is 0 Å². The van der Waals surface area contributed by atoms with Crippen LogP contribution in [-0.4, -0.2) is 16.2 Å². The summed E-state index contributed by atoms with van der Waals surface area (Å²) < 4.78 is 11.2. The van der Waals surface area contributed by atoms with Crippen LogP contribution in [0.15, 0.2) is 40.9 Å². The van der Waals surface area contributed by atoms with Gasteiger partial charge in [0.15, 0.2) is 0 Å². The van der Waals surface area contributed by atoms with E-state index in [-0.39, 0.29) is 6.10 Å². The molecule has 1 atom stereocenters. The fourth-order valence-electron chi connectivity index (χ4n) is 3.61. The van der Waals surface area contributed by atoms with Crippen LogP contribution in [0.3, 0.4) is 0 Å². The fourth-order valence-corrected chi connectivity index (χ4v) is 3.61. The minimum Gasteiger partial charge on any atom is -0.502 e. The third-order valence-electron chi connectivity index (χ3n) is 4.93. The molecule has 27 heavy (non-hydrogen) atoms. The number of nitrogens with zero attached hydrogens (tertiary/aromatic N) is 3. The Morgan fingerprint density at radius 3 is 2.89 bits per heavy atom. The van der Waals surface area contributed by atoms with Crippen molar-refractivity contribution in [3.63, 3.8) is 0 Å². The number of aromatic nitrogens is 2. The van der Waals surface area contributed by atoms with Gasteiger partial charge in [0, 0.05) is 11.1 Å². The van der Waals surface area contributed by atoms with Gasteiger partial charge < -0.3 is 9.26 Å². The van der Waals surface area contributed by atoms with Gasteiger partial charge in [0.1, 0.15) is 5.75 Å². The molecule has 0 aliphatic heterocycles. The lowest BCUT2D eigenvalue weighted by Crippen LogP contribution is -2.05. The van der Waals surface area contributed by atoms with Gasteiger partial charge >= 0.3 is 0 Å². The topological polar surface area (TPSA) is 52.5 Å². The second-order valence-corrected chi connectivity index (χ2v) is 7.20. The SMILES string of the molecule is [C-]#[N+]c1cc(-c2nc(-c3cccc4c3CC[C@@H]4C)no2)ccc1OC(C)C. The number of hydrogen-bond acceptors (Lipinski definition) is 4. The highest BCUT2D eigenvalue weighted by atomic mass is 16.5. The predicted molar refractivity (Wildman–Crippen MR) is 104 cm³/mol. The first-order chi connectivity index (χ1) is 13.1. The van der Waals surface area contributed by atoms with E-state index in [1.165, 1.54) is 11.1 Å². The molecule has 5 nitrogen and oxygen atoms in total. The van der Waals surface area contributed by atoms with Crippen LogP contribution in [0.1, 0.15) is 44.2 Å². The van der Waals surface area contributed by atoms with Crippen molar-refractivity contribution in [1.29, 1.82) is 0 Å². The van der Waals surface area contributed by atoms with E-state index < -0.39 is 0 Å². The second-order valence-electron chi connectivity index (χ2n) is 7.20. The summed E-state index contributed by atoms with van der Waals surface area (Å²) in [5.74, 6) is 2.15. The maximum Gasteiger partial charge on any atom is 0.256 e. The van der Waals surface area contributed by atoms with Crippen molar-refractivity contribution in [3.8, 4) is 28.6 Å². The molecular formula is C22H21N3O2. The lowest BCUT2D eigenvalue weighted by molar-refractivity contribution is 0.244. The van der Waals surface area contributed by atoms with Crippen molar-refractivity contribution in [2.45, 2.75) is 45.6 Å². The van der Waals surface area contributed by atoms with Crippen LogP contribution in [-0.2, 0) is 6.42 Å². The summed E-state index contributed by atoms with van der Waals surface area (Å²) in [5.41, 5.74) is 4.90. The fraction of sp³-hybridized carbons (Fsp3) is 0.318. The van der Waals surface area contributed by atoms with Crippen LogP contribution in [0.2, 0.25) is 0 Å². The van der Waals surface area contributed by atoms with Crippen molar-refractivity contribution < 1.29 is 9.26 Å². The molecule has 0 N–H and O–H groups in total. The zero-order valence-electron chi connectivity index (χ0n) is 15.7. The summed E-state index contributed by atoms with van der Waals surface area (Å²) in [6.07, 6.45) is 2.21. The number of rotatable bonds is 4. The molecule has 0 amide bonds. The van der Waals surface area contributed by atoms with Crippen LogP contribution < -0.4 is 4.74 Å². The maximum atomic E-state index is 7.41. The Morgan fingerprint density at radius 2 is 2.11 bits per heavy atom. The predicted octanol–water partition coefficient (Wildman–Crippen LogP) is 5.79. The average molecular weight is 359 g/mol. The maximum absolute atomic E-state index is 7.41. The summed E-state index contributed by atoms with van der Waals surface area (Å²) in [7, 11) is 0. The largest absolute Gasteiger partial charge is 0.502 e. The molecule has 136 valence electrons. The van der Waals surface area contributed by atoms with Gasteiger partial charge in [0.25, 0.3) is 5.89 Å². The second kappa shape index (κ2) is 6.88. The van der Waals surface area contributed by atoms with E-state index in [1.54, 1.807) is 12.1 Å². The Bertz CT molecular complexity index is 1030. The summed E-state index contributed by atoms with van der Waals surface area (Å²) >= 11 is 0. The normalized spacial score (nSPS) is 15.6. The lowest BCUT2D eigenvalue weighted by atomic mass is 9.99. The molecule has 1 aromatic heterocycles. The first-order valence-electron chi connectivity index (χ1n) is 9.21. The highest BCUT2D eigenvalue weighted by Gasteiger charge is 2.23. The van der Waals surface area contributed by atoms with Gasteiger partial charge in [-0.05, 0) is 61.9 Å². The van der Waals surface area contributed by atoms with Crippen molar-refractivity contribution in [2.75, 3.05) is 0 Å². The smallest absolute Gasteiger partial charge is 0.256 e. The Balaban J connectivity index is 1.69. The monoisotopic (exact) mass is 359 g/mol. The molecule has 1 heterocycles. The van der Waals surface area contributed by atoms with E-state index in [2.05, 4.69) is 40.1 Å². The Kier molecular flexibility index (Phi) is 4.41. The summed E-state index contributed by atoms with van der Waals surface area (Å²) in [6, 6.07) is 11.7. The molecule has 5 heteroatoms. The molecular weight excluding hydrogens is 338 g/mol. The molecule has 3 aromatic rings. The highest BCUT2D eigenvalue weighted by molar-refractivity contribution is 5.70. The third kappa shape index (κ3) is 3.19. The highest BCUT2D eigenvalue weighted by Crippen LogP contribution is 2.39. The van der Waals surface area contributed by atoms with Crippen LogP contribution in [0.5, 0.6) is 5.75 Å². The zero-order valence-corrected chi connectivity index (χ0v) is 15.7. The van der Waals surface area contributed by atoms with Crippen LogP contribution in [0.4, 0.5) is 5.69 Å². The summed E-state index contributed by atoms with van der Waals surface area (Å²) in [5, 5.41) is 4.20. The van der Waals surface area contributed by atoms with E-state index in [4.69, 9.17) is 15.8 Å². The first kappa shape index (κ1) is 17.3. The molecule has 0 fully saturated rings. The van der Waals surface area contributed by atoms with Crippen LogP contribution in [0.25, 0.3) is 27.7 Å². The number of ether oxygens (including phenoxy) is 1. The molecule has 0 saturated carbocycles. The molecule has 4 rings (SSSR count). The van der Waals surface area contributed by atoms with Gasteiger partial charge in [-0.15, -0.1) is 0 Å². The van der Waals surface area contributed by atoms with Crippen LogP contribution >= 0.6 is 0 Å². The van der Waals surface area contributed by atoms with Crippen molar-refractivity contribution in [2.24, 2.45) is 0 Å². The van der Waals surface area contributed by atoms with Gasteiger partial charge in [-0.1, -0.05) is 30.3 Å². The quantitative estimate of drug-likeness (QED) is 0.553. The molecule has 1 aliphatic carbocycles. The molecule has 0 spiro atoms. The van der Waals surface area contributed by atoms with Gasteiger partial charge in [0.05, 0.1) is 12.7 Å². The molecule has 0 saturated heterocycles. The average Bonchev–Trinajstić information content (AvgIpc) is 3.29. The first-order valence-corrected chi connectivity index (χ1v) is 9.21. The van der Waals surface area contributed by atoms with Gasteiger partial charge in [-0.3, -0.25) is 0 Å². The molecule has 0 bridgehead atoms. The van der Waals surface area contributed by atoms with E-state index in [1.807, 2.05) is 19.9 Å². The zero-order chi connectivity index (χ0) is 19.0. The number of hydrogen-bond donors (Lipinski definition) is 0. The van der Waals surface area contributed by atoms with E-state index in [0.717, 1.165) is 24.0 Å². The van der Waals surface area contributed by atoms with Gasteiger partial charge in [0.2, 0.25) is 11.5 Å². The minimum absolute atomic E-state index is 0.00826. The summed E-state index contributed by atoms with van der Waals surface area (Å²) in [4.78, 5) is 8.16. The third-order valence-corrected chi connectivity index (χ3v) is 4.93. The van der Waals surface area contributed by atoms with Crippen LogP contribution in [0, 0.1) is 6.57 Å². The van der Waals surface area contributed by atoms with Crippen molar-refractivity contribution in [1.82, 2.24) is 10.1 Å². The standard InChI is InChI=1S/C22H21N3O2/c1-13(2)26-20-11-9-15(12-19(20)23-4)22-24-21(25-27-22)18-7-5-6-16-14(3)8-10-17(16)18/h5-7,9,11-14H,8,10H2,1-3H3/t14-/m0/s1. The Morgan fingerprint density at radius 1 is 1.26 bits per heavy atom. The minimum atomic E-state index is 0.00826. The molecule has 0 unspecified atom stereocenters. The van der Waals surface area contributed by atoms with Gasteiger partial charge in [-0.2, -0.15) is 4.98 Å². The van der Waals surface area contributed by atoms with E-state index >= 15 is 0 Å².